The number of ether oxygens (including phenoxy) is 3. The van der Waals surface area contributed by atoms with E-state index in [9.17, 15) is 19.2 Å². The molecule has 1 amide bonds. The highest BCUT2D eigenvalue weighted by Crippen LogP contribution is 2.30. The van der Waals surface area contributed by atoms with Gasteiger partial charge in [0, 0.05) is 12.0 Å². The molecule has 0 radical (unpaired) electrons. The van der Waals surface area contributed by atoms with Crippen LogP contribution < -0.4 is 10.1 Å². The van der Waals surface area contributed by atoms with E-state index >= 15 is 0 Å². The first-order valence-corrected chi connectivity index (χ1v) is 10.5. The van der Waals surface area contributed by atoms with Crippen molar-refractivity contribution in [3.8, 4) is 5.75 Å². The zero-order valence-corrected chi connectivity index (χ0v) is 18.1. The van der Waals surface area contributed by atoms with Gasteiger partial charge in [-0.1, -0.05) is 18.7 Å². The van der Waals surface area contributed by atoms with Crippen LogP contribution in [-0.4, -0.2) is 48.9 Å². The molecule has 0 saturated heterocycles. The van der Waals surface area contributed by atoms with E-state index in [2.05, 4.69) is 11.9 Å². The molecule has 0 spiro atoms. The summed E-state index contributed by atoms with van der Waals surface area (Å²) < 4.78 is 15.3. The molecule has 9 heteroatoms. The number of alkyl carbamates (subject to hydrolysis) is 1. The summed E-state index contributed by atoms with van der Waals surface area (Å²) in [5.74, 6) is -1.89. The summed E-state index contributed by atoms with van der Waals surface area (Å²) in [6.45, 7) is 5.32. The predicted octanol–water partition coefficient (Wildman–Crippen LogP) is 2.87. The first kappa shape index (κ1) is 24.9. The Kier molecular flexibility index (Phi) is 9.72. The Morgan fingerprint density at radius 1 is 1.00 bits per heavy atom. The number of benzene rings is 1. The van der Waals surface area contributed by atoms with E-state index in [1.807, 2.05) is 0 Å². The van der Waals surface area contributed by atoms with Crippen LogP contribution in [0.25, 0.3) is 0 Å². The van der Waals surface area contributed by atoms with E-state index in [0.717, 1.165) is 5.56 Å². The predicted molar refractivity (Wildman–Crippen MR) is 114 cm³/mol. The smallest absolute Gasteiger partial charge is 0.407 e. The topological polar surface area (TPSA) is 128 Å². The van der Waals surface area contributed by atoms with Crippen LogP contribution in [0, 0.1) is 11.8 Å². The fraction of sp³-hybridized carbons (Fsp3) is 0.478. The molecule has 2 rings (SSSR count). The van der Waals surface area contributed by atoms with Crippen molar-refractivity contribution >= 4 is 24.0 Å². The molecule has 0 heterocycles. The zero-order valence-electron chi connectivity index (χ0n) is 18.1. The average molecular weight is 447 g/mol. The van der Waals surface area contributed by atoms with E-state index in [1.54, 1.807) is 24.3 Å². The number of carboxylic acid groups (broad SMARTS) is 1. The Balaban J connectivity index is 1.64. The van der Waals surface area contributed by atoms with Gasteiger partial charge < -0.3 is 24.6 Å². The Hall–Kier alpha value is -3.36. The van der Waals surface area contributed by atoms with Gasteiger partial charge in [-0.3, -0.25) is 9.59 Å². The molecule has 1 fully saturated rings. The first-order chi connectivity index (χ1) is 15.3. The Bertz CT molecular complexity index is 825. The normalized spacial score (nSPS) is 17.7. The van der Waals surface area contributed by atoms with Gasteiger partial charge in [0.2, 0.25) is 0 Å². The third-order valence-corrected chi connectivity index (χ3v) is 5.13. The number of aliphatic carboxylic acids is 1. The van der Waals surface area contributed by atoms with Gasteiger partial charge in [-0.05, 0) is 50.3 Å². The van der Waals surface area contributed by atoms with Crippen LogP contribution in [0.3, 0.4) is 0 Å². The molecule has 0 bridgehead atoms. The summed E-state index contributed by atoms with van der Waals surface area (Å²) in [7, 11) is 0. The lowest BCUT2D eigenvalue weighted by molar-refractivity contribution is -0.146. The largest absolute Gasteiger partial charge is 0.481 e. The summed E-state index contributed by atoms with van der Waals surface area (Å²) in [5, 5.41) is 11.5. The monoisotopic (exact) mass is 447 g/mol. The number of rotatable bonds is 10. The average Bonchev–Trinajstić information content (AvgIpc) is 2.77. The van der Waals surface area contributed by atoms with Gasteiger partial charge in [-0.2, -0.15) is 0 Å². The molecule has 1 aromatic rings. The SMILES string of the molecule is C=C(C)C(=O)OCCNC(=O)OCCc1ccc(OC(=O)C2CCC(C(=O)O)CC2)cc1. The molecule has 0 aliphatic heterocycles. The van der Waals surface area contributed by atoms with Crippen molar-refractivity contribution in [2.75, 3.05) is 19.8 Å². The number of carbonyl (C=O) groups is 4. The summed E-state index contributed by atoms with van der Waals surface area (Å²) in [5.41, 5.74) is 1.19. The van der Waals surface area contributed by atoms with Gasteiger partial charge in [0.15, 0.2) is 0 Å². The number of amides is 1. The highest BCUT2D eigenvalue weighted by atomic mass is 16.6. The highest BCUT2D eigenvalue weighted by molar-refractivity contribution is 5.86. The quantitative estimate of drug-likeness (QED) is 0.242. The van der Waals surface area contributed by atoms with Gasteiger partial charge in [-0.15, -0.1) is 0 Å². The summed E-state index contributed by atoms with van der Waals surface area (Å²) >= 11 is 0. The Morgan fingerprint density at radius 3 is 2.22 bits per heavy atom. The van der Waals surface area contributed by atoms with Gasteiger partial charge in [-0.25, -0.2) is 9.59 Å². The standard InChI is InChI=1S/C23H29NO8/c1-15(2)21(27)30-14-12-24-23(29)31-13-11-16-3-9-19(10-4-16)32-22(28)18-7-5-17(6-8-18)20(25)26/h3-4,9-10,17-18H,1,5-8,11-14H2,2H3,(H,24,29)(H,25,26). The van der Waals surface area contributed by atoms with E-state index in [-0.39, 0.29) is 43.1 Å². The number of carbonyl (C=O) groups excluding carboxylic acids is 3. The van der Waals surface area contributed by atoms with Crippen molar-refractivity contribution in [2.24, 2.45) is 11.8 Å². The molecule has 9 nitrogen and oxygen atoms in total. The summed E-state index contributed by atoms with van der Waals surface area (Å²) in [6.07, 6.45) is 1.88. The minimum Gasteiger partial charge on any atom is -0.481 e. The summed E-state index contributed by atoms with van der Waals surface area (Å²) in [4.78, 5) is 46.1. The van der Waals surface area contributed by atoms with Crippen LogP contribution in [0.15, 0.2) is 36.4 Å². The molecule has 0 atom stereocenters. The summed E-state index contributed by atoms with van der Waals surface area (Å²) in [6, 6.07) is 6.91. The van der Waals surface area contributed by atoms with Gasteiger partial charge in [0.05, 0.1) is 25.0 Å². The second-order valence-electron chi connectivity index (χ2n) is 7.68. The molecule has 1 aromatic carbocycles. The third kappa shape index (κ3) is 8.41. The Labute approximate surface area is 186 Å². The van der Waals surface area contributed by atoms with Crippen LogP contribution in [-0.2, 0) is 30.3 Å². The Morgan fingerprint density at radius 2 is 1.62 bits per heavy atom. The van der Waals surface area contributed by atoms with Crippen molar-refractivity contribution in [1.29, 1.82) is 0 Å². The van der Waals surface area contributed by atoms with Crippen molar-refractivity contribution in [3.63, 3.8) is 0 Å². The van der Waals surface area contributed by atoms with E-state index in [0.29, 0.717) is 37.9 Å². The molecular formula is C23H29NO8. The van der Waals surface area contributed by atoms with Crippen molar-refractivity contribution in [2.45, 2.75) is 39.0 Å². The van der Waals surface area contributed by atoms with E-state index in [1.165, 1.54) is 6.92 Å². The van der Waals surface area contributed by atoms with E-state index in [4.69, 9.17) is 19.3 Å². The molecule has 1 aliphatic rings. The van der Waals surface area contributed by atoms with Crippen LogP contribution in [0.5, 0.6) is 5.75 Å². The minimum atomic E-state index is -0.807. The maximum absolute atomic E-state index is 12.3. The van der Waals surface area contributed by atoms with Crippen molar-refractivity contribution in [3.05, 3.63) is 42.0 Å². The number of hydrogen-bond donors (Lipinski definition) is 2. The molecule has 0 aromatic heterocycles. The molecule has 32 heavy (non-hydrogen) atoms. The molecule has 1 saturated carbocycles. The van der Waals surface area contributed by atoms with Gasteiger partial charge >= 0.3 is 24.0 Å². The minimum absolute atomic E-state index is 0.0297. The highest BCUT2D eigenvalue weighted by Gasteiger charge is 2.30. The molecule has 174 valence electrons. The third-order valence-electron chi connectivity index (χ3n) is 5.13. The number of esters is 2. The molecule has 0 unspecified atom stereocenters. The molecule has 2 N–H and O–H groups in total. The first-order valence-electron chi connectivity index (χ1n) is 10.5. The fourth-order valence-corrected chi connectivity index (χ4v) is 3.23. The maximum Gasteiger partial charge on any atom is 0.407 e. The van der Waals surface area contributed by atoms with E-state index < -0.39 is 18.0 Å². The fourth-order valence-electron chi connectivity index (χ4n) is 3.23. The number of nitrogens with one attached hydrogen (secondary N) is 1. The maximum atomic E-state index is 12.3. The molecule has 1 aliphatic carbocycles. The number of hydrogen-bond acceptors (Lipinski definition) is 7. The van der Waals surface area contributed by atoms with Crippen molar-refractivity contribution < 1.29 is 38.5 Å². The van der Waals surface area contributed by atoms with Gasteiger partial charge in [0.25, 0.3) is 0 Å². The lowest BCUT2D eigenvalue weighted by atomic mass is 9.82. The van der Waals surface area contributed by atoms with Crippen LogP contribution in [0.1, 0.15) is 38.2 Å². The van der Waals surface area contributed by atoms with Crippen molar-refractivity contribution in [1.82, 2.24) is 5.32 Å². The zero-order chi connectivity index (χ0) is 23.5. The second-order valence-corrected chi connectivity index (χ2v) is 7.68. The van der Waals surface area contributed by atoms with Crippen LogP contribution in [0.2, 0.25) is 0 Å². The second kappa shape index (κ2) is 12.5. The van der Waals surface area contributed by atoms with Crippen LogP contribution >= 0.6 is 0 Å². The lowest BCUT2D eigenvalue weighted by Gasteiger charge is -2.24. The lowest BCUT2D eigenvalue weighted by Crippen LogP contribution is -2.29. The van der Waals surface area contributed by atoms with Crippen LogP contribution in [0.4, 0.5) is 4.79 Å². The number of carboxylic acids is 1. The van der Waals surface area contributed by atoms with Gasteiger partial charge in [0.1, 0.15) is 12.4 Å². The molecular weight excluding hydrogens is 418 g/mol.